The van der Waals surface area contributed by atoms with Crippen LogP contribution in [0.25, 0.3) is 0 Å². The zero-order chi connectivity index (χ0) is 19.3. The molecule has 1 saturated carbocycles. The van der Waals surface area contributed by atoms with E-state index in [1.165, 1.54) is 0 Å². The predicted octanol–water partition coefficient (Wildman–Crippen LogP) is 2.41. The van der Waals surface area contributed by atoms with Crippen LogP contribution < -0.4 is 5.32 Å². The quantitative estimate of drug-likeness (QED) is 0.832. The van der Waals surface area contributed by atoms with Crippen molar-refractivity contribution in [2.24, 2.45) is 7.05 Å². The molecule has 0 saturated heterocycles. The first-order valence-corrected chi connectivity index (χ1v) is 8.83. The number of aromatic nitrogens is 2. The van der Waals surface area contributed by atoms with Gasteiger partial charge in [-0.05, 0) is 39.5 Å². The van der Waals surface area contributed by atoms with Gasteiger partial charge in [-0.25, -0.2) is 0 Å². The minimum absolute atomic E-state index is 0.0373. The second-order valence-electron chi connectivity index (χ2n) is 7.41. The molecule has 0 radical (unpaired) electrons. The zero-order valence-electron chi connectivity index (χ0n) is 15.1. The lowest BCUT2D eigenvalue weighted by Crippen LogP contribution is -2.51. The van der Waals surface area contributed by atoms with E-state index in [-0.39, 0.29) is 31.0 Å². The van der Waals surface area contributed by atoms with E-state index < -0.39 is 30.7 Å². The van der Waals surface area contributed by atoms with Crippen LogP contribution in [0.4, 0.5) is 13.2 Å². The third kappa shape index (κ3) is 3.34. The first-order valence-electron chi connectivity index (χ1n) is 8.83. The van der Waals surface area contributed by atoms with Crippen molar-refractivity contribution in [2.45, 2.75) is 76.0 Å². The summed E-state index contributed by atoms with van der Waals surface area (Å²) in [4.78, 5) is 12.7. The Labute approximate surface area is 149 Å². The number of rotatable bonds is 2. The Bertz CT molecular complexity index is 693. The minimum atomic E-state index is -4.64. The number of halogens is 3. The molecule has 0 aromatic carbocycles. The highest BCUT2D eigenvalue weighted by atomic mass is 19.4. The van der Waals surface area contributed by atoms with Crippen LogP contribution in [0.2, 0.25) is 0 Å². The van der Waals surface area contributed by atoms with Crippen LogP contribution in [0, 0.1) is 0 Å². The molecule has 2 N–H and O–H groups in total. The molecular formula is C17H24F3N3O3. The highest BCUT2D eigenvalue weighted by Crippen LogP contribution is 2.41. The summed E-state index contributed by atoms with van der Waals surface area (Å²) < 4.78 is 46.0. The van der Waals surface area contributed by atoms with Crippen molar-refractivity contribution in [3.05, 3.63) is 17.0 Å². The van der Waals surface area contributed by atoms with Gasteiger partial charge in [0.2, 0.25) is 0 Å². The van der Waals surface area contributed by atoms with Gasteiger partial charge < -0.3 is 15.2 Å². The summed E-state index contributed by atoms with van der Waals surface area (Å²) in [7, 11) is 1.75. The molecule has 1 aromatic rings. The van der Waals surface area contributed by atoms with E-state index in [0.29, 0.717) is 12.1 Å². The molecule has 1 aliphatic heterocycles. The summed E-state index contributed by atoms with van der Waals surface area (Å²) in [6, 6.07) is -0.405. The van der Waals surface area contributed by atoms with E-state index in [0.717, 1.165) is 11.3 Å². The molecule has 2 heterocycles. The van der Waals surface area contributed by atoms with Gasteiger partial charge >= 0.3 is 6.18 Å². The molecule has 1 aliphatic carbocycles. The van der Waals surface area contributed by atoms with Crippen LogP contribution >= 0.6 is 0 Å². The van der Waals surface area contributed by atoms with Gasteiger partial charge in [-0.2, -0.15) is 18.3 Å². The number of aliphatic hydroxyl groups is 1. The standard InChI is InChI=1S/C17H24F3N3O3/c1-9-8-12-13(22-23(3)14(12)10(2)26-9)15(24)21-11-4-6-16(25,7-5-11)17(18,19)20/h9-11,25H,4-8H2,1-3H3,(H,21,24)/t9-,10+,11?,16?/m1/s1. The van der Waals surface area contributed by atoms with E-state index in [9.17, 15) is 23.1 Å². The number of hydrogen-bond donors (Lipinski definition) is 2. The number of ether oxygens (including phenoxy) is 1. The van der Waals surface area contributed by atoms with E-state index in [1.807, 2.05) is 13.8 Å². The molecule has 0 spiro atoms. The summed E-state index contributed by atoms with van der Waals surface area (Å²) in [5.41, 5.74) is -0.663. The summed E-state index contributed by atoms with van der Waals surface area (Å²) in [5, 5.41) is 16.8. The van der Waals surface area contributed by atoms with Gasteiger partial charge in [0.05, 0.1) is 17.9 Å². The number of nitrogens with zero attached hydrogens (tertiary/aromatic N) is 2. The average molecular weight is 375 g/mol. The van der Waals surface area contributed by atoms with Crippen molar-refractivity contribution >= 4 is 5.91 Å². The fourth-order valence-electron chi connectivity index (χ4n) is 4.00. The van der Waals surface area contributed by atoms with Crippen LogP contribution in [0.15, 0.2) is 0 Å². The van der Waals surface area contributed by atoms with Crippen molar-refractivity contribution in [2.75, 3.05) is 0 Å². The lowest BCUT2D eigenvalue weighted by Gasteiger charge is -2.37. The van der Waals surface area contributed by atoms with Gasteiger partial charge in [0.25, 0.3) is 5.91 Å². The number of carbonyl (C=O) groups excluding carboxylic acids is 1. The van der Waals surface area contributed by atoms with Crippen molar-refractivity contribution in [3.63, 3.8) is 0 Å². The average Bonchev–Trinajstić information content (AvgIpc) is 2.85. The topological polar surface area (TPSA) is 76.4 Å². The van der Waals surface area contributed by atoms with Crippen LogP contribution in [-0.4, -0.2) is 44.7 Å². The Morgan fingerprint density at radius 2 is 1.96 bits per heavy atom. The number of hydrogen-bond acceptors (Lipinski definition) is 4. The van der Waals surface area contributed by atoms with Crippen molar-refractivity contribution in [1.82, 2.24) is 15.1 Å². The van der Waals surface area contributed by atoms with E-state index in [2.05, 4.69) is 10.4 Å². The molecule has 2 aliphatic rings. The Morgan fingerprint density at radius 1 is 1.35 bits per heavy atom. The molecule has 26 heavy (non-hydrogen) atoms. The molecule has 0 bridgehead atoms. The summed E-state index contributed by atoms with van der Waals surface area (Å²) in [6.45, 7) is 3.82. The number of aryl methyl sites for hydroxylation is 1. The highest BCUT2D eigenvalue weighted by molar-refractivity contribution is 5.94. The fraction of sp³-hybridized carbons (Fsp3) is 0.765. The predicted molar refractivity (Wildman–Crippen MR) is 86.6 cm³/mol. The molecule has 146 valence electrons. The Hall–Kier alpha value is -1.61. The fourth-order valence-corrected chi connectivity index (χ4v) is 4.00. The highest BCUT2D eigenvalue weighted by Gasteiger charge is 2.54. The summed E-state index contributed by atoms with van der Waals surface area (Å²) >= 11 is 0. The van der Waals surface area contributed by atoms with Crippen LogP contribution in [0.1, 0.15) is 67.4 Å². The molecule has 6 nitrogen and oxygen atoms in total. The number of nitrogens with one attached hydrogen (secondary N) is 1. The normalized spacial score (nSPS) is 32.2. The maximum Gasteiger partial charge on any atom is 0.417 e. The smallest absolute Gasteiger partial charge is 0.380 e. The molecule has 1 fully saturated rings. The summed E-state index contributed by atoms with van der Waals surface area (Å²) in [5.74, 6) is -0.384. The van der Waals surface area contributed by atoms with Crippen LogP contribution in [-0.2, 0) is 18.2 Å². The second-order valence-corrected chi connectivity index (χ2v) is 7.41. The molecular weight excluding hydrogens is 351 g/mol. The van der Waals surface area contributed by atoms with Crippen molar-refractivity contribution < 1.29 is 27.8 Å². The third-order valence-electron chi connectivity index (χ3n) is 5.40. The lowest BCUT2D eigenvalue weighted by atomic mass is 9.81. The van der Waals surface area contributed by atoms with Gasteiger partial charge in [0.1, 0.15) is 0 Å². The van der Waals surface area contributed by atoms with Gasteiger partial charge in [0.15, 0.2) is 11.3 Å². The molecule has 1 aromatic heterocycles. The van der Waals surface area contributed by atoms with Crippen molar-refractivity contribution in [3.8, 4) is 0 Å². The zero-order valence-corrected chi connectivity index (χ0v) is 15.1. The molecule has 1 amide bonds. The molecule has 3 rings (SSSR count). The van der Waals surface area contributed by atoms with Gasteiger partial charge in [-0.15, -0.1) is 0 Å². The SMILES string of the molecule is C[C@@H]1Cc2c(C(=O)NC3CCC(O)(C(F)(F)F)CC3)nn(C)c2[C@H](C)O1. The Morgan fingerprint density at radius 3 is 2.54 bits per heavy atom. The van der Waals surface area contributed by atoms with Gasteiger partial charge in [0, 0.05) is 25.1 Å². The maximum atomic E-state index is 12.9. The minimum Gasteiger partial charge on any atom is -0.380 e. The molecule has 0 unspecified atom stereocenters. The number of alkyl halides is 3. The van der Waals surface area contributed by atoms with Crippen LogP contribution in [0.5, 0.6) is 0 Å². The first kappa shape index (κ1) is 19.2. The van der Waals surface area contributed by atoms with Gasteiger partial charge in [-0.1, -0.05) is 0 Å². The molecule has 9 heteroatoms. The summed E-state index contributed by atoms with van der Waals surface area (Å²) in [6.07, 6.45) is -4.97. The monoisotopic (exact) mass is 375 g/mol. The van der Waals surface area contributed by atoms with Crippen molar-refractivity contribution in [1.29, 1.82) is 0 Å². The third-order valence-corrected chi connectivity index (χ3v) is 5.40. The van der Waals surface area contributed by atoms with E-state index in [1.54, 1.807) is 11.7 Å². The van der Waals surface area contributed by atoms with Gasteiger partial charge in [-0.3, -0.25) is 9.48 Å². The molecule has 2 atom stereocenters. The first-order chi connectivity index (χ1) is 12.0. The maximum absolute atomic E-state index is 12.9. The van der Waals surface area contributed by atoms with E-state index in [4.69, 9.17) is 4.74 Å². The largest absolute Gasteiger partial charge is 0.417 e. The van der Waals surface area contributed by atoms with Crippen LogP contribution in [0.3, 0.4) is 0 Å². The second kappa shape index (κ2) is 6.53. The number of amides is 1. The van der Waals surface area contributed by atoms with E-state index >= 15 is 0 Å². The number of fused-ring (bicyclic) bond motifs is 1. The lowest BCUT2D eigenvalue weighted by molar-refractivity contribution is -0.270. The number of carbonyl (C=O) groups is 1. The Balaban J connectivity index is 1.70. The Kier molecular flexibility index (Phi) is 4.81.